The van der Waals surface area contributed by atoms with Gasteiger partial charge in [0.05, 0.1) is 5.69 Å². The van der Waals surface area contributed by atoms with Crippen LogP contribution in [0.4, 0.5) is 0 Å². The van der Waals surface area contributed by atoms with Crippen molar-refractivity contribution in [1.29, 1.82) is 0 Å². The van der Waals surface area contributed by atoms with E-state index >= 15 is 0 Å². The third-order valence-corrected chi connectivity index (χ3v) is 2.68. The van der Waals surface area contributed by atoms with Gasteiger partial charge >= 0.3 is 0 Å². The molecule has 0 aliphatic rings. The maximum absolute atomic E-state index is 4.34. The molecule has 0 saturated carbocycles. The topological polar surface area (TPSA) is 28.7 Å². The lowest BCUT2D eigenvalue weighted by atomic mass is 10.0. The van der Waals surface area contributed by atoms with E-state index in [1.54, 1.807) is 0 Å². The molecule has 2 rings (SSSR count). The Morgan fingerprint density at radius 1 is 1.06 bits per heavy atom. The first-order valence-corrected chi connectivity index (χ1v) is 5.43. The van der Waals surface area contributed by atoms with Gasteiger partial charge in [0.1, 0.15) is 5.82 Å². The van der Waals surface area contributed by atoms with E-state index in [1.807, 2.05) is 19.2 Å². The number of nitrogens with one attached hydrogen (secondary N) is 1. The summed E-state index contributed by atoms with van der Waals surface area (Å²) in [5.74, 6) is 0.903. The number of hydrogen-bond donors (Lipinski definition) is 1. The fraction of sp³-hybridized carbons (Fsp3) is 0.214. The molecule has 0 radical (unpaired) electrons. The number of rotatable bonds is 2. The molecule has 2 nitrogen and oxygen atoms in total. The van der Waals surface area contributed by atoms with Crippen molar-refractivity contribution in [2.45, 2.75) is 20.8 Å². The number of imidazole rings is 1. The number of aromatic amines is 1. The van der Waals surface area contributed by atoms with Gasteiger partial charge in [0.2, 0.25) is 0 Å². The van der Waals surface area contributed by atoms with E-state index in [2.05, 4.69) is 48.1 Å². The minimum atomic E-state index is 0.903. The normalized spacial score (nSPS) is 11.2. The third-order valence-electron chi connectivity index (χ3n) is 2.68. The highest BCUT2D eigenvalue weighted by Crippen LogP contribution is 2.16. The molecular weight excluding hydrogens is 196 g/mol. The van der Waals surface area contributed by atoms with Gasteiger partial charge < -0.3 is 4.98 Å². The van der Waals surface area contributed by atoms with Gasteiger partial charge in [-0.15, -0.1) is 0 Å². The molecule has 0 bridgehead atoms. The second-order valence-electron chi connectivity index (χ2n) is 4.07. The van der Waals surface area contributed by atoms with E-state index in [1.165, 1.54) is 16.7 Å². The Labute approximate surface area is 96.1 Å². The molecule has 1 aromatic heterocycles. The Balaban J connectivity index is 2.30. The summed E-state index contributed by atoms with van der Waals surface area (Å²) in [4.78, 5) is 7.46. The van der Waals surface area contributed by atoms with Crippen LogP contribution in [0.15, 0.2) is 24.4 Å². The Kier molecular flexibility index (Phi) is 2.91. The van der Waals surface area contributed by atoms with Gasteiger partial charge in [-0.25, -0.2) is 4.98 Å². The van der Waals surface area contributed by atoms with Crippen molar-refractivity contribution >= 4 is 12.2 Å². The van der Waals surface area contributed by atoms with Gasteiger partial charge in [-0.3, -0.25) is 0 Å². The summed E-state index contributed by atoms with van der Waals surface area (Å²) in [6.07, 6.45) is 6.04. The van der Waals surface area contributed by atoms with Crippen LogP contribution in [-0.4, -0.2) is 9.97 Å². The summed E-state index contributed by atoms with van der Waals surface area (Å²) in [5, 5.41) is 0. The highest BCUT2D eigenvalue weighted by molar-refractivity contribution is 5.70. The SMILES string of the molecule is Cc1c[nH]c(C=Cc2c(C)cccc2C)n1. The van der Waals surface area contributed by atoms with Crippen LogP contribution in [-0.2, 0) is 0 Å². The lowest BCUT2D eigenvalue weighted by molar-refractivity contribution is 1.22. The van der Waals surface area contributed by atoms with Crippen LogP contribution >= 0.6 is 0 Å². The summed E-state index contributed by atoms with van der Waals surface area (Å²) in [5.41, 5.74) is 4.87. The van der Waals surface area contributed by atoms with Crippen molar-refractivity contribution in [3.05, 3.63) is 52.6 Å². The van der Waals surface area contributed by atoms with Crippen LogP contribution in [0, 0.1) is 20.8 Å². The van der Waals surface area contributed by atoms with Crippen LogP contribution in [0.25, 0.3) is 12.2 Å². The summed E-state index contributed by atoms with van der Waals surface area (Å²) >= 11 is 0. The molecule has 0 amide bonds. The van der Waals surface area contributed by atoms with E-state index in [0.717, 1.165) is 11.5 Å². The van der Waals surface area contributed by atoms with Crippen molar-refractivity contribution in [3.8, 4) is 0 Å². The molecule has 0 fully saturated rings. The van der Waals surface area contributed by atoms with Gasteiger partial charge in [0.15, 0.2) is 0 Å². The first-order valence-electron chi connectivity index (χ1n) is 5.43. The van der Waals surface area contributed by atoms with E-state index in [9.17, 15) is 0 Å². The minimum Gasteiger partial charge on any atom is -0.345 e. The number of aromatic nitrogens is 2. The number of benzene rings is 1. The molecule has 1 heterocycles. The summed E-state index contributed by atoms with van der Waals surface area (Å²) in [6.45, 7) is 6.23. The van der Waals surface area contributed by atoms with Gasteiger partial charge in [-0.05, 0) is 43.5 Å². The lowest BCUT2D eigenvalue weighted by Crippen LogP contribution is -1.85. The third kappa shape index (κ3) is 2.22. The highest BCUT2D eigenvalue weighted by Gasteiger charge is 1.98. The van der Waals surface area contributed by atoms with Crippen LogP contribution in [0.1, 0.15) is 28.2 Å². The molecule has 1 aromatic carbocycles. The fourth-order valence-corrected chi connectivity index (χ4v) is 1.77. The molecule has 0 atom stereocenters. The fourth-order valence-electron chi connectivity index (χ4n) is 1.77. The maximum Gasteiger partial charge on any atom is 0.130 e. The predicted octanol–water partition coefficient (Wildman–Crippen LogP) is 3.51. The van der Waals surface area contributed by atoms with E-state index in [-0.39, 0.29) is 0 Å². The molecule has 2 aromatic rings. The zero-order chi connectivity index (χ0) is 11.5. The zero-order valence-electron chi connectivity index (χ0n) is 9.91. The molecule has 0 aliphatic heterocycles. The van der Waals surface area contributed by atoms with E-state index in [4.69, 9.17) is 0 Å². The molecule has 0 saturated heterocycles. The second-order valence-corrected chi connectivity index (χ2v) is 4.07. The van der Waals surface area contributed by atoms with Gasteiger partial charge in [-0.2, -0.15) is 0 Å². The smallest absolute Gasteiger partial charge is 0.130 e. The van der Waals surface area contributed by atoms with Gasteiger partial charge in [0.25, 0.3) is 0 Å². The molecule has 0 unspecified atom stereocenters. The van der Waals surface area contributed by atoms with Crippen molar-refractivity contribution in [2.24, 2.45) is 0 Å². The molecule has 1 N–H and O–H groups in total. The summed E-state index contributed by atoms with van der Waals surface area (Å²) < 4.78 is 0. The standard InChI is InChI=1S/C14H16N2/c1-10-5-4-6-11(2)13(10)7-8-14-15-9-12(3)16-14/h4-9H,1-3H3,(H,15,16). The maximum atomic E-state index is 4.34. The molecule has 0 aliphatic carbocycles. The van der Waals surface area contributed by atoms with Gasteiger partial charge in [-0.1, -0.05) is 24.3 Å². The van der Waals surface area contributed by atoms with Gasteiger partial charge in [0, 0.05) is 6.20 Å². The highest BCUT2D eigenvalue weighted by atomic mass is 14.9. The first kappa shape index (κ1) is 10.7. The largest absolute Gasteiger partial charge is 0.345 e. The average molecular weight is 212 g/mol. The van der Waals surface area contributed by atoms with Crippen molar-refractivity contribution < 1.29 is 0 Å². The quantitative estimate of drug-likeness (QED) is 0.810. The molecule has 16 heavy (non-hydrogen) atoms. The van der Waals surface area contributed by atoms with Crippen LogP contribution < -0.4 is 0 Å². The van der Waals surface area contributed by atoms with E-state index < -0.39 is 0 Å². The zero-order valence-corrected chi connectivity index (χ0v) is 9.91. The first-order chi connectivity index (χ1) is 7.66. The molecule has 2 heteroatoms. The Bertz CT molecular complexity index is 501. The molecule has 0 spiro atoms. The van der Waals surface area contributed by atoms with Crippen molar-refractivity contribution in [3.63, 3.8) is 0 Å². The predicted molar refractivity (Wildman–Crippen MR) is 68.2 cm³/mol. The Morgan fingerprint density at radius 2 is 1.75 bits per heavy atom. The Morgan fingerprint density at radius 3 is 2.31 bits per heavy atom. The monoisotopic (exact) mass is 212 g/mol. The van der Waals surface area contributed by atoms with Crippen molar-refractivity contribution in [2.75, 3.05) is 0 Å². The molecule has 82 valence electrons. The number of aryl methyl sites for hydroxylation is 3. The minimum absolute atomic E-state index is 0.903. The second kappa shape index (κ2) is 4.35. The summed E-state index contributed by atoms with van der Waals surface area (Å²) in [6, 6.07) is 6.33. The lowest BCUT2D eigenvalue weighted by Gasteiger charge is -2.03. The Hall–Kier alpha value is -1.83. The average Bonchev–Trinajstić information content (AvgIpc) is 2.63. The van der Waals surface area contributed by atoms with Crippen LogP contribution in [0.2, 0.25) is 0 Å². The summed E-state index contributed by atoms with van der Waals surface area (Å²) in [7, 11) is 0. The molecular formula is C14H16N2. The number of hydrogen-bond acceptors (Lipinski definition) is 1. The van der Waals surface area contributed by atoms with Crippen molar-refractivity contribution in [1.82, 2.24) is 9.97 Å². The van der Waals surface area contributed by atoms with Crippen LogP contribution in [0.3, 0.4) is 0 Å². The number of H-pyrrole nitrogens is 1. The van der Waals surface area contributed by atoms with E-state index in [0.29, 0.717) is 0 Å². The van der Waals surface area contributed by atoms with Crippen LogP contribution in [0.5, 0.6) is 0 Å². The number of nitrogens with zero attached hydrogens (tertiary/aromatic N) is 1.